The number of carbonyl (C=O) groups is 2. The average Bonchev–Trinajstić information content (AvgIpc) is 3.28. The lowest BCUT2D eigenvalue weighted by molar-refractivity contribution is -0.137. The molecule has 2 amide bonds. The summed E-state index contributed by atoms with van der Waals surface area (Å²) >= 11 is 6.68. The van der Waals surface area contributed by atoms with E-state index < -0.39 is 22.9 Å². The number of furan rings is 1. The molecule has 158 valence electrons. The van der Waals surface area contributed by atoms with Gasteiger partial charge in [-0.1, -0.05) is 41.9 Å². The van der Waals surface area contributed by atoms with Gasteiger partial charge in [-0.05, 0) is 47.7 Å². The van der Waals surface area contributed by atoms with Gasteiger partial charge in [-0.3, -0.25) is 14.5 Å². The third-order valence-electron chi connectivity index (χ3n) is 4.50. The van der Waals surface area contributed by atoms with Gasteiger partial charge in [-0.25, -0.2) is 0 Å². The molecule has 0 atom stereocenters. The highest BCUT2D eigenvalue weighted by Gasteiger charge is 2.36. The van der Waals surface area contributed by atoms with E-state index in [0.29, 0.717) is 10.6 Å². The van der Waals surface area contributed by atoms with Gasteiger partial charge in [-0.15, -0.1) is 0 Å². The third-order valence-corrected chi connectivity index (χ3v) is 5.64. The van der Waals surface area contributed by atoms with E-state index in [0.717, 1.165) is 22.7 Å². The second-order valence-electron chi connectivity index (χ2n) is 6.64. The average molecular weight is 464 g/mol. The van der Waals surface area contributed by atoms with E-state index in [1.165, 1.54) is 36.4 Å². The van der Waals surface area contributed by atoms with Crippen LogP contribution in [0.2, 0.25) is 5.02 Å². The molecule has 0 spiro atoms. The van der Waals surface area contributed by atoms with Crippen LogP contribution in [0.3, 0.4) is 0 Å². The molecule has 1 fully saturated rings. The molecule has 0 aliphatic carbocycles. The van der Waals surface area contributed by atoms with Gasteiger partial charge >= 0.3 is 6.18 Å². The lowest BCUT2D eigenvalue weighted by atomic mass is 10.1. The number of alkyl halides is 3. The molecule has 1 saturated heterocycles. The van der Waals surface area contributed by atoms with Gasteiger partial charge in [-0.2, -0.15) is 13.2 Å². The highest BCUT2D eigenvalue weighted by molar-refractivity contribution is 8.18. The first-order valence-corrected chi connectivity index (χ1v) is 10.2. The van der Waals surface area contributed by atoms with Crippen LogP contribution in [0.15, 0.2) is 70.0 Å². The van der Waals surface area contributed by atoms with Crippen molar-refractivity contribution >= 4 is 40.6 Å². The van der Waals surface area contributed by atoms with Gasteiger partial charge in [0, 0.05) is 16.7 Å². The molecule has 2 heterocycles. The normalized spacial score (nSPS) is 15.9. The van der Waals surface area contributed by atoms with Crippen LogP contribution in [0.1, 0.15) is 16.9 Å². The summed E-state index contributed by atoms with van der Waals surface area (Å²) in [5.74, 6) is -0.332. The number of imide groups is 1. The quantitative estimate of drug-likeness (QED) is 0.397. The molecule has 0 unspecified atom stereocenters. The molecule has 31 heavy (non-hydrogen) atoms. The van der Waals surface area contributed by atoms with Crippen LogP contribution in [-0.4, -0.2) is 16.0 Å². The first kappa shape index (κ1) is 21.3. The summed E-state index contributed by atoms with van der Waals surface area (Å²) in [6.45, 7) is 0.0604. The van der Waals surface area contributed by atoms with Gasteiger partial charge < -0.3 is 4.42 Å². The van der Waals surface area contributed by atoms with Gasteiger partial charge in [0.15, 0.2) is 0 Å². The summed E-state index contributed by atoms with van der Waals surface area (Å²) in [5.41, 5.74) is -0.235. The van der Waals surface area contributed by atoms with Crippen LogP contribution >= 0.6 is 23.4 Å². The number of hydrogen-bond donors (Lipinski definition) is 0. The maximum absolute atomic E-state index is 13.3. The maximum atomic E-state index is 13.3. The predicted octanol–water partition coefficient (Wildman–Crippen LogP) is 6.86. The van der Waals surface area contributed by atoms with Crippen molar-refractivity contribution in [3.63, 3.8) is 0 Å². The molecular weight excluding hydrogens is 451 g/mol. The smallest absolute Gasteiger partial charge is 0.417 e. The Balaban J connectivity index is 1.58. The first-order valence-electron chi connectivity index (χ1n) is 8.98. The molecule has 1 aliphatic rings. The van der Waals surface area contributed by atoms with Crippen molar-refractivity contribution in [2.75, 3.05) is 0 Å². The van der Waals surface area contributed by atoms with Crippen LogP contribution in [0.25, 0.3) is 17.4 Å². The molecule has 0 bridgehead atoms. The van der Waals surface area contributed by atoms with Crippen LogP contribution in [-0.2, 0) is 17.5 Å². The van der Waals surface area contributed by atoms with Crippen molar-refractivity contribution in [2.45, 2.75) is 12.7 Å². The zero-order valence-corrected chi connectivity index (χ0v) is 17.2. The Hall–Kier alpha value is -2.97. The fraction of sp³-hybridized carbons (Fsp3) is 0.0909. The number of rotatable bonds is 4. The molecule has 9 heteroatoms. The molecule has 3 aromatic rings. The van der Waals surface area contributed by atoms with E-state index >= 15 is 0 Å². The molecule has 0 N–H and O–H groups in total. The van der Waals surface area contributed by atoms with Crippen molar-refractivity contribution in [1.82, 2.24) is 4.90 Å². The molecule has 0 saturated carbocycles. The number of amides is 2. The van der Waals surface area contributed by atoms with Crippen molar-refractivity contribution in [3.8, 4) is 11.3 Å². The lowest BCUT2D eigenvalue weighted by Gasteiger charge is -2.12. The monoisotopic (exact) mass is 463 g/mol. The Morgan fingerprint density at radius 3 is 2.55 bits per heavy atom. The Labute approximate surface area is 184 Å². The van der Waals surface area contributed by atoms with E-state index in [4.69, 9.17) is 16.0 Å². The topological polar surface area (TPSA) is 50.5 Å². The fourth-order valence-corrected chi connectivity index (χ4v) is 4.13. The summed E-state index contributed by atoms with van der Waals surface area (Å²) in [6.07, 6.45) is -3.19. The zero-order chi connectivity index (χ0) is 22.2. The highest BCUT2D eigenvalue weighted by Crippen LogP contribution is 2.38. The zero-order valence-electron chi connectivity index (χ0n) is 15.7. The summed E-state index contributed by atoms with van der Waals surface area (Å²) in [7, 11) is 0. The second kappa shape index (κ2) is 8.28. The maximum Gasteiger partial charge on any atom is 0.417 e. The number of nitrogens with zero attached hydrogens (tertiary/aromatic N) is 1. The summed E-state index contributed by atoms with van der Waals surface area (Å²) in [4.78, 5) is 26.2. The van der Waals surface area contributed by atoms with Crippen molar-refractivity contribution < 1.29 is 27.2 Å². The van der Waals surface area contributed by atoms with Crippen LogP contribution in [0.4, 0.5) is 18.0 Å². The van der Waals surface area contributed by atoms with E-state index in [2.05, 4.69) is 0 Å². The van der Waals surface area contributed by atoms with Crippen molar-refractivity contribution in [3.05, 3.63) is 87.5 Å². The van der Waals surface area contributed by atoms with Crippen molar-refractivity contribution in [1.29, 1.82) is 0 Å². The summed E-state index contributed by atoms with van der Waals surface area (Å²) < 4.78 is 45.3. The molecule has 1 aromatic heterocycles. The summed E-state index contributed by atoms with van der Waals surface area (Å²) in [5, 5.41) is 0.0349. The minimum Gasteiger partial charge on any atom is -0.457 e. The van der Waals surface area contributed by atoms with E-state index in [1.54, 1.807) is 24.3 Å². The predicted molar refractivity (Wildman–Crippen MR) is 112 cm³/mol. The lowest BCUT2D eigenvalue weighted by Crippen LogP contribution is -2.27. The summed E-state index contributed by atoms with van der Waals surface area (Å²) in [6, 6.07) is 14.7. The third kappa shape index (κ3) is 4.55. The van der Waals surface area contributed by atoms with E-state index in [1.807, 2.05) is 0 Å². The van der Waals surface area contributed by atoms with Gasteiger partial charge in [0.1, 0.15) is 11.5 Å². The molecule has 2 aromatic carbocycles. The van der Waals surface area contributed by atoms with Gasteiger partial charge in [0.05, 0.1) is 17.0 Å². The molecule has 4 rings (SSSR count). The minimum absolute atomic E-state index is 0.0114. The minimum atomic E-state index is -4.54. The Morgan fingerprint density at radius 2 is 1.81 bits per heavy atom. The van der Waals surface area contributed by atoms with Crippen molar-refractivity contribution in [2.24, 2.45) is 0 Å². The van der Waals surface area contributed by atoms with Gasteiger partial charge in [0.2, 0.25) is 0 Å². The second-order valence-corrected chi connectivity index (χ2v) is 8.07. The SMILES string of the molecule is O=C1S/C(=C\c2ccc(-c3ccccc3C(F)(F)F)o2)C(=O)N1Cc1cccc(Cl)c1. The highest BCUT2D eigenvalue weighted by atomic mass is 35.5. The van der Waals surface area contributed by atoms with Crippen LogP contribution in [0.5, 0.6) is 0 Å². The van der Waals surface area contributed by atoms with Crippen LogP contribution < -0.4 is 0 Å². The Morgan fingerprint density at radius 1 is 1.03 bits per heavy atom. The molecule has 1 aliphatic heterocycles. The molecular formula is C22H13ClF3NO3S. The molecule has 4 nitrogen and oxygen atoms in total. The number of halogens is 4. The van der Waals surface area contributed by atoms with Crippen LogP contribution in [0, 0.1) is 0 Å². The largest absolute Gasteiger partial charge is 0.457 e. The Kier molecular flexibility index (Phi) is 5.68. The van der Waals surface area contributed by atoms with E-state index in [9.17, 15) is 22.8 Å². The first-order chi connectivity index (χ1) is 14.7. The standard InChI is InChI=1S/C22H13ClF3NO3S/c23-14-5-3-4-13(10-14)12-27-20(28)19(31-21(27)29)11-15-8-9-18(30-15)16-6-1-2-7-17(16)22(24,25)26/h1-11H,12H2/b19-11-. The number of thioether (sulfide) groups is 1. The molecule has 0 radical (unpaired) electrons. The van der Waals surface area contributed by atoms with Gasteiger partial charge in [0.25, 0.3) is 11.1 Å². The number of hydrogen-bond acceptors (Lipinski definition) is 4. The van der Waals surface area contributed by atoms with E-state index in [-0.39, 0.29) is 28.5 Å². The number of benzene rings is 2. The fourth-order valence-electron chi connectivity index (χ4n) is 3.10. The Bertz CT molecular complexity index is 1200. The number of carbonyl (C=O) groups excluding carboxylic acids is 2.